The van der Waals surface area contributed by atoms with Crippen molar-refractivity contribution in [3.8, 4) is 0 Å². The molecule has 0 spiro atoms. The van der Waals surface area contributed by atoms with Gasteiger partial charge >= 0.3 is 0 Å². The Balaban J connectivity index is 0.00000280. The first-order chi connectivity index (χ1) is 13.0. The number of hydrogen-bond donors (Lipinski definition) is 0. The highest BCUT2D eigenvalue weighted by Gasteiger charge is 2.21. The van der Waals surface area contributed by atoms with Gasteiger partial charge in [0.2, 0.25) is 0 Å². The van der Waals surface area contributed by atoms with E-state index in [-0.39, 0.29) is 36.2 Å². The van der Waals surface area contributed by atoms with E-state index < -0.39 is 4.92 Å². The van der Waals surface area contributed by atoms with Gasteiger partial charge in [0.1, 0.15) is 0 Å². The average Bonchev–Trinajstić information content (AvgIpc) is 2.70. The summed E-state index contributed by atoms with van der Waals surface area (Å²) in [6.07, 6.45) is 0. The molecule has 148 valence electrons. The van der Waals surface area contributed by atoms with Crippen LogP contribution in [0.3, 0.4) is 0 Å². The van der Waals surface area contributed by atoms with Crippen LogP contribution in [0.25, 0.3) is 0 Å². The van der Waals surface area contributed by atoms with E-state index in [1.165, 1.54) is 24.3 Å². The van der Waals surface area contributed by atoms with Crippen molar-refractivity contribution in [1.82, 2.24) is 9.80 Å². The smallest absolute Gasteiger partial charge is 0.269 e. The highest BCUT2D eigenvalue weighted by molar-refractivity contribution is 5.98. The van der Waals surface area contributed by atoms with Crippen LogP contribution in [0, 0.1) is 10.1 Å². The number of non-ortho nitro benzene ring substituents is 1. The fraction of sp³-hybridized carbons (Fsp3) is 0.300. The van der Waals surface area contributed by atoms with Crippen LogP contribution in [0.1, 0.15) is 20.7 Å². The second-order valence-electron chi connectivity index (χ2n) is 6.57. The molecule has 0 radical (unpaired) electrons. The summed E-state index contributed by atoms with van der Waals surface area (Å²) in [4.78, 5) is 39.0. The molecule has 1 aliphatic heterocycles. The van der Waals surface area contributed by atoms with Gasteiger partial charge in [0.25, 0.3) is 5.69 Å². The highest BCUT2D eigenvalue weighted by Crippen LogP contribution is 2.13. The zero-order valence-electron chi connectivity index (χ0n) is 15.3. The Hall–Kier alpha value is -2.61. The maximum Gasteiger partial charge on any atom is 0.269 e. The molecule has 8 heteroatoms. The van der Waals surface area contributed by atoms with Gasteiger partial charge in [-0.25, -0.2) is 0 Å². The summed E-state index contributed by atoms with van der Waals surface area (Å²) < 4.78 is 0. The molecule has 3 rings (SSSR count). The Morgan fingerprint density at radius 1 is 0.786 bits per heavy atom. The molecule has 7 nitrogen and oxygen atoms in total. The number of ketones is 2. The van der Waals surface area contributed by atoms with Crippen LogP contribution in [0.4, 0.5) is 5.69 Å². The average molecular weight is 404 g/mol. The van der Waals surface area contributed by atoms with Crippen molar-refractivity contribution >= 4 is 29.7 Å². The Morgan fingerprint density at radius 2 is 1.21 bits per heavy atom. The summed E-state index contributed by atoms with van der Waals surface area (Å²) in [5, 5.41) is 10.7. The molecule has 0 unspecified atom stereocenters. The monoisotopic (exact) mass is 403 g/mol. The molecule has 1 saturated heterocycles. The van der Waals surface area contributed by atoms with Gasteiger partial charge in [-0.15, -0.1) is 12.4 Å². The van der Waals surface area contributed by atoms with Crippen LogP contribution in [0.15, 0.2) is 54.6 Å². The van der Waals surface area contributed by atoms with Crippen molar-refractivity contribution in [2.75, 3.05) is 39.3 Å². The van der Waals surface area contributed by atoms with Gasteiger partial charge in [-0.3, -0.25) is 29.5 Å². The van der Waals surface area contributed by atoms with Crippen molar-refractivity contribution < 1.29 is 14.5 Å². The lowest BCUT2D eigenvalue weighted by atomic mass is 10.1. The van der Waals surface area contributed by atoms with E-state index in [4.69, 9.17) is 0 Å². The molecule has 0 atom stereocenters. The predicted molar refractivity (Wildman–Crippen MR) is 108 cm³/mol. The zero-order valence-corrected chi connectivity index (χ0v) is 16.1. The van der Waals surface area contributed by atoms with E-state index in [0.717, 1.165) is 13.1 Å². The number of nitro benzene ring substituents is 1. The molecule has 0 aliphatic carbocycles. The maximum absolute atomic E-state index is 12.4. The molecule has 28 heavy (non-hydrogen) atoms. The molecular formula is C20H22ClN3O4. The summed E-state index contributed by atoms with van der Waals surface area (Å²) in [6.45, 7) is 3.53. The van der Waals surface area contributed by atoms with E-state index in [1.807, 2.05) is 35.2 Å². The molecule has 1 heterocycles. The summed E-state index contributed by atoms with van der Waals surface area (Å²) in [5.74, 6) is 0.0460. The second-order valence-corrected chi connectivity index (χ2v) is 6.57. The second kappa shape index (κ2) is 10.1. The third-order valence-electron chi connectivity index (χ3n) is 4.70. The number of piperazine rings is 1. The number of halogens is 1. The van der Waals surface area contributed by atoms with Crippen LogP contribution in [0.5, 0.6) is 0 Å². The van der Waals surface area contributed by atoms with Gasteiger partial charge < -0.3 is 0 Å². The first-order valence-corrected chi connectivity index (χ1v) is 8.83. The summed E-state index contributed by atoms with van der Waals surface area (Å²) >= 11 is 0. The minimum absolute atomic E-state index is 0. The normalized spacial score (nSPS) is 14.9. The van der Waals surface area contributed by atoms with E-state index in [0.29, 0.717) is 30.8 Å². The van der Waals surface area contributed by atoms with E-state index in [1.54, 1.807) is 0 Å². The lowest BCUT2D eigenvalue weighted by molar-refractivity contribution is -0.384. The van der Waals surface area contributed by atoms with E-state index in [9.17, 15) is 19.7 Å². The quantitative estimate of drug-likeness (QED) is 0.401. The fourth-order valence-electron chi connectivity index (χ4n) is 3.09. The summed E-state index contributed by atoms with van der Waals surface area (Å²) in [7, 11) is 0. The highest BCUT2D eigenvalue weighted by atomic mass is 35.5. The van der Waals surface area contributed by atoms with Crippen molar-refractivity contribution in [2.45, 2.75) is 0 Å². The van der Waals surface area contributed by atoms with Gasteiger partial charge in [0.05, 0.1) is 18.0 Å². The van der Waals surface area contributed by atoms with Crippen LogP contribution in [-0.4, -0.2) is 65.6 Å². The third-order valence-corrected chi connectivity index (χ3v) is 4.70. The van der Waals surface area contributed by atoms with Crippen LogP contribution >= 0.6 is 12.4 Å². The molecule has 2 aromatic carbocycles. The molecule has 0 bridgehead atoms. The number of nitro groups is 1. The minimum Gasteiger partial charge on any atom is -0.293 e. The number of benzene rings is 2. The Morgan fingerprint density at radius 3 is 1.64 bits per heavy atom. The number of hydrogen-bond acceptors (Lipinski definition) is 6. The van der Waals surface area contributed by atoms with Gasteiger partial charge in [0.15, 0.2) is 11.6 Å². The molecule has 0 saturated carbocycles. The molecule has 0 amide bonds. The SMILES string of the molecule is Cl.O=C(CN1CCN(CC(=O)c2ccc([N+](=O)[O-])cc2)CC1)c1ccccc1. The van der Waals surface area contributed by atoms with Crippen molar-refractivity contribution in [1.29, 1.82) is 0 Å². The van der Waals surface area contributed by atoms with Crippen LogP contribution in [0.2, 0.25) is 0 Å². The van der Waals surface area contributed by atoms with E-state index in [2.05, 4.69) is 4.90 Å². The number of rotatable bonds is 7. The lowest BCUT2D eigenvalue weighted by Crippen LogP contribution is -2.49. The van der Waals surface area contributed by atoms with Gasteiger partial charge in [-0.05, 0) is 12.1 Å². The lowest BCUT2D eigenvalue weighted by Gasteiger charge is -2.33. The maximum atomic E-state index is 12.4. The predicted octanol–water partition coefficient (Wildman–Crippen LogP) is 2.70. The summed E-state index contributed by atoms with van der Waals surface area (Å²) in [5.41, 5.74) is 1.17. The van der Waals surface area contributed by atoms with Crippen molar-refractivity contribution in [3.63, 3.8) is 0 Å². The largest absolute Gasteiger partial charge is 0.293 e. The Bertz CT molecular complexity index is 819. The topological polar surface area (TPSA) is 83.8 Å². The molecule has 0 aromatic heterocycles. The fourth-order valence-corrected chi connectivity index (χ4v) is 3.09. The minimum atomic E-state index is -0.482. The standard InChI is InChI=1S/C20H21N3O4.ClH/c24-19(16-4-2-1-3-5-16)14-21-10-12-22(13-11-21)15-20(25)17-6-8-18(9-7-17)23(26)27;/h1-9H,10-15H2;1H. The number of carbonyl (C=O) groups excluding carboxylic acids is 2. The molecular weight excluding hydrogens is 382 g/mol. The van der Waals surface area contributed by atoms with Crippen LogP contribution in [-0.2, 0) is 0 Å². The number of Topliss-reactive ketones (excluding diaryl/α,β-unsaturated/α-hetero) is 2. The molecule has 2 aromatic rings. The van der Waals surface area contributed by atoms with Crippen LogP contribution < -0.4 is 0 Å². The van der Waals surface area contributed by atoms with Gasteiger partial charge in [-0.1, -0.05) is 30.3 Å². The van der Waals surface area contributed by atoms with Gasteiger partial charge in [0, 0.05) is 49.4 Å². The number of carbonyl (C=O) groups is 2. The van der Waals surface area contributed by atoms with Gasteiger partial charge in [-0.2, -0.15) is 0 Å². The van der Waals surface area contributed by atoms with Crippen molar-refractivity contribution in [2.24, 2.45) is 0 Å². The molecule has 1 fully saturated rings. The first kappa shape index (κ1) is 21.7. The Kier molecular flexibility index (Phi) is 7.80. The molecule has 1 aliphatic rings. The zero-order chi connectivity index (χ0) is 19.2. The van der Waals surface area contributed by atoms with E-state index >= 15 is 0 Å². The van der Waals surface area contributed by atoms with Crippen molar-refractivity contribution in [3.05, 3.63) is 75.8 Å². The number of nitrogens with zero attached hydrogens (tertiary/aromatic N) is 3. The summed E-state index contributed by atoms with van der Waals surface area (Å²) in [6, 6.07) is 14.9. The Labute approximate surface area is 169 Å². The first-order valence-electron chi connectivity index (χ1n) is 8.83. The molecule has 0 N–H and O–H groups in total. The third kappa shape index (κ3) is 5.69.